The van der Waals surface area contributed by atoms with Gasteiger partial charge < -0.3 is 9.94 Å². The Bertz CT molecular complexity index is 833. The fourth-order valence-corrected chi connectivity index (χ4v) is 2.25. The largest absolute Gasteiger partial charge is 0.476 e. The second-order valence-electron chi connectivity index (χ2n) is 4.63. The minimum atomic E-state index is -5.10. The zero-order valence-electron chi connectivity index (χ0n) is 12.6. The van der Waals surface area contributed by atoms with Crippen LogP contribution in [0.25, 0.3) is 0 Å². The van der Waals surface area contributed by atoms with Crippen molar-refractivity contribution in [2.45, 2.75) is 12.8 Å². The molecule has 0 spiro atoms. The normalized spacial score (nSPS) is 11.9. The van der Waals surface area contributed by atoms with E-state index in [-0.39, 0.29) is 12.3 Å². The number of carbonyl (C=O) groups excluding carboxylic acids is 1. The Hall–Kier alpha value is -3.02. The number of rotatable bonds is 6. The lowest BCUT2D eigenvalue weighted by atomic mass is 10.2. The van der Waals surface area contributed by atoms with Crippen molar-refractivity contribution >= 4 is 34.1 Å². The van der Waals surface area contributed by atoms with Gasteiger partial charge in [-0.2, -0.15) is 13.2 Å². The molecule has 26 heavy (non-hydrogen) atoms. The number of benzene rings is 1. The molecule has 0 aliphatic carbocycles. The van der Waals surface area contributed by atoms with Gasteiger partial charge in [-0.1, -0.05) is 17.3 Å². The molecule has 0 aliphatic rings. The summed E-state index contributed by atoms with van der Waals surface area (Å²) in [6.45, 7) is -0.168. The third-order valence-electron chi connectivity index (χ3n) is 2.73. The van der Waals surface area contributed by atoms with Gasteiger partial charge in [-0.3, -0.25) is 10.1 Å². The number of nitrogens with one attached hydrogen (secondary N) is 1. The van der Waals surface area contributed by atoms with Crippen LogP contribution >= 0.6 is 11.3 Å². The zero-order valence-corrected chi connectivity index (χ0v) is 13.4. The van der Waals surface area contributed by atoms with Crippen LogP contribution in [0.5, 0.6) is 0 Å². The number of carbonyl (C=O) groups is 2. The number of halogens is 4. The number of amides is 1. The molecule has 138 valence electrons. The standard InChI is InChI=1S/C14H9F4N3O4S/c15-8-3-1-7(2-4-8)5-25-21-10(11(22)23)9-6-26-13(19-9)20-12(24)14(16,17)18/h1-4,6H,5H2,(H,22,23)(H,19,20,24). The first-order valence-corrected chi connectivity index (χ1v) is 7.56. The summed E-state index contributed by atoms with van der Waals surface area (Å²) in [5, 5.41) is 14.7. The van der Waals surface area contributed by atoms with Gasteiger partial charge in [0.25, 0.3) is 0 Å². The van der Waals surface area contributed by atoms with Crippen molar-refractivity contribution in [3.63, 3.8) is 0 Å². The smallest absolute Gasteiger partial charge is 0.471 e. The van der Waals surface area contributed by atoms with Crippen LogP contribution in [0.1, 0.15) is 11.3 Å². The van der Waals surface area contributed by atoms with Crippen LogP contribution in [-0.2, 0) is 21.0 Å². The van der Waals surface area contributed by atoms with Gasteiger partial charge >= 0.3 is 18.1 Å². The minimum Gasteiger partial charge on any atom is -0.476 e. The highest BCUT2D eigenvalue weighted by molar-refractivity contribution is 7.14. The van der Waals surface area contributed by atoms with Crippen LogP contribution in [0.15, 0.2) is 34.8 Å². The highest BCUT2D eigenvalue weighted by Crippen LogP contribution is 2.21. The van der Waals surface area contributed by atoms with Gasteiger partial charge in [0.05, 0.1) is 0 Å². The third-order valence-corrected chi connectivity index (χ3v) is 3.49. The Morgan fingerprint density at radius 2 is 1.92 bits per heavy atom. The van der Waals surface area contributed by atoms with E-state index in [1.807, 2.05) is 0 Å². The highest BCUT2D eigenvalue weighted by atomic mass is 32.1. The number of hydrogen-bond acceptors (Lipinski definition) is 6. The summed E-state index contributed by atoms with van der Waals surface area (Å²) in [4.78, 5) is 30.5. The van der Waals surface area contributed by atoms with Crippen LogP contribution in [0.2, 0.25) is 0 Å². The zero-order chi connectivity index (χ0) is 19.3. The van der Waals surface area contributed by atoms with Gasteiger partial charge in [-0.15, -0.1) is 11.3 Å². The maximum absolute atomic E-state index is 12.8. The van der Waals surface area contributed by atoms with Crippen molar-refractivity contribution in [2.24, 2.45) is 5.16 Å². The highest BCUT2D eigenvalue weighted by Gasteiger charge is 2.39. The fraction of sp³-hybridized carbons (Fsp3) is 0.143. The Labute approximate surface area is 146 Å². The Balaban J connectivity index is 2.08. The number of oxime groups is 1. The van der Waals surface area contributed by atoms with Crippen LogP contribution in [0.4, 0.5) is 22.7 Å². The SMILES string of the molecule is O=C(O)C(=NOCc1ccc(F)cc1)c1csc(NC(=O)C(F)(F)F)n1. The van der Waals surface area contributed by atoms with Crippen molar-refractivity contribution in [2.75, 3.05) is 5.32 Å². The minimum absolute atomic E-state index is 0.168. The van der Waals surface area contributed by atoms with Gasteiger partial charge in [-0.25, -0.2) is 14.2 Å². The molecular formula is C14H9F4N3O4S. The van der Waals surface area contributed by atoms with E-state index in [4.69, 9.17) is 9.94 Å². The fourth-order valence-electron chi connectivity index (χ4n) is 1.56. The van der Waals surface area contributed by atoms with E-state index in [0.717, 1.165) is 5.38 Å². The van der Waals surface area contributed by atoms with Crippen LogP contribution in [-0.4, -0.2) is 33.9 Å². The van der Waals surface area contributed by atoms with Crippen molar-refractivity contribution < 1.29 is 37.1 Å². The number of aromatic nitrogens is 1. The molecule has 0 aliphatic heterocycles. The topological polar surface area (TPSA) is 101 Å². The molecule has 2 aromatic rings. The average Bonchev–Trinajstić information content (AvgIpc) is 3.00. The first kappa shape index (κ1) is 19.3. The first-order valence-electron chi connectivity index (χ1n) is 6.68. The summed E-state index contributed by atoms with van der Waals surface area (Å²) in [7, 11) is 0. The van der Waals surface area contributed by atoms with Crippen LogP contribution in [0.3, 0.4) is 0 Å². The van der Waals surface area contributed by atoms with Crippen LogP contribution in [0, 0.1) is 5.82 Å². The summed E-state index contributed by atoms with van der Waals surface area (Å²) in [5.41, 5.74) is -0.453. The maximum Gasteiger partial charge on any atom is 0.471 e. The van der Waals surface area contributed by atoms with E-state index in [2.05, 4.69) is 10.1 Å². The summed E-state index contributed by atoms with van der Waals surface area (Å²) in [5.74, 6) is -4.23. The monoisotopic (exact) mass is 391 g/mol. The molecule has 0 atom stereocenters. The number of carboxylic acid groups (broad SMARTS) is 1. The maximum atomic E-state index is 12.8. The molecule has 1 aromatic heterocycles. The van der Waals surface area contributed by atoms with Crippen LogP contribution < -0.4 is 5.32 Å². The molecule has 0 saturated heterocycles. The first-order chi connectivity index (χ1) is 12.2. The average molecular weight is 391 g/mol. The van der Waals surface area contributed by atoms with E-state index in [1.165, 1.54) is 29.6 Å². The number of aliphatic carboxylic acids is 1. The van der Waals surface area contributed by atoms with Crippen molar-refractivity contribution in [1.82, 2.24) is 4.98 Å². The van der Waals surface area contributed by atoms with E-state index in [1.54, 1.807) is 0 Å². The molecule has 0 unspecified atom stereocenters. The Morgan fingerprint density at radius 1 is 1.27 bits per heavy atom. The number of nitrogens with zero attached hydrogens (tertiary/aromatic N) is 2. The molecule has 12 heteroatoms. The van der Waals surface area contributed by atoms with Crippen molar-refractivity contribution in [3.8, 4) is 0 Å². The predicted molar refractivity (Wildman–Crippen MR) is 82.2 cm³/mol. The van der Waals surface area contributed by atoms with Gasteiger partial charge in [-0.05, 0) is 17.7 Å². The molecule has 1 heterocycles. The summed E-state index contributed by atoms with van der Waals surface area (Å²) in [6, 6.07) is 5.16. The molecule has 1 aromatic carbocycles. The summed E-state index contributed by atoms with van der Waals surface area (Å²) in [6.07, 6.45) is -5.10. The van der Waals surface area contributed by atoms with Gasteiger partial charge in [0.2, 0.25) is 5.71 Å². The molecular weight excluding hydrogens is 382 g/mol. The second-order valence-corrected chi connectivity index (χ2v) is 5.49. The molecule has 0 fully saturated rings. The molecule has 0 radical (unpaired) electrons. The van der Waals surface area contributed by atoms with E-state index in [9.17, 15) is 27.2 Å². The van der Waals surface area contributed by atoms with Crippen molar-refractivity contribution in [1.29, 1.82) is 0 Å². The van der Waals surface area contributed by atoms with Gasteiger partial charge in [0.1, 0.15) is 18.1 Å². The molecule has 7 nitrogen and oxygen atoms in total. The Kier molecular flexibility index (Phi) is 5.87. The number of anilines is 1. The van der Waals surface area contributed by atoms with Gasteiger partial charge in [0.15, 0.2) is 5.13 Å². The molecule has 2 N–H and O–H groups in total. The lowest BCUT2D eigenvalue weighted by Crippen LogP contribution is -2.29. The lowest BCUT2D eigenvalue weighted by molar-refractivity contribution is -0.167. The molecule has 0 saturated carbocycles. The quantitative estimate of drug-likeness (QED) is 0.448. The van der Waals surface area contributed by atoms with E-state index >= 15 is 0 Å². The number of alkyl halides is 3. The number of carboxylic acids is 1. The predicted octanol–water partition coefficient (Wildman–Crippen LogP) is 2.79. The molecule has 0 bridgehead atoms. The van der Waals surface area contributed by atoms with Gasteiger partial charge in [0, 0.05) is 5.38 Å². The molecule has 1 amide bonds. The summed E-state index contributed by atoms with van der Waals surface area (Å²) >= 11 is 0.587. The number of hydrogen-bond donors (Lipinski definition) is 2. The number of thiazole rings is 1. The lowest BCUT2D eigenvalue weighted by Gasteiger charge is -2.04. The van der Waals surface area contributed by atoms with Crippen molar-refractivity contribution in [3.05, 3.63) is 46.7 Å². The third kappa shape index (κ3) is 5.24. The second kappa shape index (κ2) is 7.91. The Morgan fingerprint density at radius 3 is 2.50 bits per heavy atom. The van der Waals surface area contributed by atoms with E-state index < -0.39 is 34.7 Å². The van der Waals surface area contributed by atoms with E-state index in [0.29, 0.717) is 16.9 Å². The molecule has 2 rings (SSSR count). The summed E-state index contributed by atoms with van der Waals surface area (Å²) < 4.78 is 49.3.